The lowest BCUT2D eigenvalue weighted by Gasteiger charge is -2.13. The molecular formula is C16H21N3O. The first-order valence-corrected chi connectivity index (χ1v) is 7.23. The molecule has 0 spiro atoms. The molecule has 4 nitrogen and oxygen atoms in total. The lowest BCUT2D eigenvalue weighted by Crippen LogP contribution is -2.22. The summed E-state index contributed by atoms with van der Waals surface area (Å²) in [5.74, 6) is 1.86. The number of nitrogens with zero attached hydrogens (tertiary/aromatic N) is 2. The molecule has 0 radical (unpaired) electrons. The van der Waals surface area contributed by atoms with Gasteiger partial charge in [-0.1, -0.05) is 51.1 Å². The van der Waals surface area contributed by atoms with E-state index in [-0.39, 0.29) is 6.04 Å². The predicted molar refractivity (Wildman–Crippen MR) is 77.4 cm³/mol. The third-order valence-corrected chi connectivity index (χ3v) is 4.06. The first kappa shape index (κ1) is 13.3. The van der Waals surface area contributed by atoms with E-state index in [2.05, 4.69) is 48.4 Å². The number of hydrogen-bond donors (Lipinski definition) is 1. The van der Waals surface area contributed by atoms with E-state index in [4.69, 9.17) is 4.42 Å². The normalized spacial score (nSPS) is 21.6. The molecule has 0 saturated heterocycles. The Morgan fingerprint density at radius 1 is 1.30 bits per heavy atom. The van der Waals surface area contributed by atoms with Gasteiger partial charge in [0.1, 0.15) is 6.04 Å². The number of aromatic nitrogens is 2. The molecule has 20 heavy (non-hydrogen) atoms. The van der Waals surface area contributed by atoms with Crippen LogP contribution in [0.4, 0.5) is 0 Å². The Kier molecular flexibility index (Phi) is 3.34. The number of nitrogens with one attached hydrogen (secondary N) is 1. The Morgan fingerprint density at radius 2 is 2.00 bits per heavy atom. The fraction of sp³-hybridized carbons (Fsp3) is 0.500. The van der Waals surface area contributed by atoms with E-state index in [1.54, 1.807) is 0 Å². The van der Waals surface area contributed by atoms with Crippen LogP contribution in [0.2, 0.25) is 0 Å². The Labute approximate surface area is 119 Å². The van der Waals surface area contributed by atoms with Gasteiger partial charge in [0.15, 0.2) is 0 Å². The van der Waals surface area contributed by atoms with Gasteiger partial charge in [-0.3, -0.25) is 0 Å². The summed E-state index contributed by atoms with van der Waals surface area (Å²) in [5, 5.41) is 11.9. The van der Waals surface area contributed by atoms with Crippen molar-refractivity contribution in [3.05, 3.63) is 47.7 Å². The zero-order valence-electron chi connectivity index (χ0n) is 12.3. The molecule has 1 saturated carbocycles. The summed E-state index contributed by atoms with van der Waals surface area (Å²) in [5.41, 5.74) is 1.46. The Hall–Kier alpha value is -1.68. The van der Waals surface area contributed by atoms with Crippen molar-refractivity contribution in [2.45, 2.75) is 39.2 Å². The van der Waals surface area contributed by atoms with Crippen LogP contribution < -0.4 is 5.32 Å². The first-order valence-electron chi connectivity index (χ1n) is 7.23. The SMILES string of the molecule is CCNC(c1ccccc1)c1nnc(C2CC2(C)C)o1. The van der Waals surface area contributed by atoms with E-state index in [1.807, 2.05) is 18.2 Å². The highest BCUT2D eigenvalue weighted by Gasteiger charge is 2.50. The van der Waals surface area contributed by atoms with Crippen molar-refractivity contribution in [3.8, 4) is 0 Å². The minimum atomic E-state index is -0.0238. The van der Waals surface area contributed by atoms with Crippen molar-refractivity contribution in [1.29, 1.82) is 0 Å². The van der Waals surface area contributed by atoms with E-state index in [0.717, 1.165) is 24.4 Å². The smallest absolute Gasteiger partial charge is 0.237 e. The van der Waals surface area contributed by atoms with Crippen molar-refractivity contribution in [3.63, 3.8) is 0 Å². The number of hydrogen-bond acceptors (Lipinski definition) is 4. The Morgan fingerprint density at radius 3 is 2.60 bits per heavy atom. The third-order valence-electron chi connectivity index (χ3n) is 4.06. The highest BCUT2D eigenvalue weighted by molar-refractivity contribution is 5.24. The van der Waals surface area contributed by atoms with Crippen LogP contribution in [-0.4, -0.2) is 16.7 Å². The fourth-order valence-corrected chi connectivity index (χ4v) is 2.59. The summed E-state index contributed by atoms with van der Waals surface area (Å²) >= 11 is 0. The second-order valence-electron chi connectivity index (χ2n) is 6.13. The largest absolute Gasteiger partial charge is 0.423 e. The van der Waals surface area contributed by atoms with Gasteiger partial charge in [-0.25, -0.2) is 0 Å². The standard InChI is InChI=1S/C16H21N3O/c1-4-17-13(11-8-6-5-7-9-11)15-19-18-14(20-15)12-10-16(12,2)3/h5-9,12-13,17H,4,10H2,1-3H3. The second kappa shape index (κ2) is 5.02. The van der Waals surface area contributed by atoms with Crippen LogP contribution in [0, 0.1) is 5.41 Å². The zero-order chi connectivity index (χ0) is 14.2. The minimum absolute atomic E-state index is 0.0238. The van der Waals surface area contributed by atoms with Crippen LogP contribution >= 0.6 is 0 Å². The molecule has 0 amide bonds. The molecule has 106 valence electrons. The summed E-state index contributed by atoms with van der Waals surface area (Å²) in [6, 6.07) is 10.2. The summed E-state index contributed by atoms with van der Waals surface area (Å²) in [6.07, 6.45) is 1.13. The lowest BCUT2D eigenvalue weighted by atomic mass is 10.1. The first-order chi connectivity index (χ1) is 9.62. The molecule has 0 bridgehead atoms. The van der Waals surface area contributed by atoms with Crippen LogP contribution in [-0.2, 0) is 0 Å². The van der Waals surface area contributed by atoms with Crippen molar-refractivity contribution < 1.29 is 4.42 Å². The Balaban J connectivity index is 1.85. The van der Waals surface area contributed by atoms with Crippen LogP contribution in [0.1, 0.15) is 56.5 Å². The predicted octanol–water partition coefficient (Wildman–Crippen LogP) is 3.28. The molecule has 1 aromatic heterocycles. The average Bonchev–Trinajstić information content (AvgIpc) is 2.89. The van der Waals surface area contributed by atoms with Gasteiger partial charge in [0.05, 0.1) is 0 Å². The topological polar surface area (TPSA) is 51.0 Å². The van der Waals surface area contributed by atoms with E-state index in [9.17, 15) is 0 Å². The summed E-state index contributed by atoms with van der Waals surface area (Å²) < 4.78 is 5.93. The maximum Gasteiger partial charge on any atom is 0.237 e. The van der Waals surface area contributed by atoms with Gasteiger partial charge < -0.3 is 9.73 Å². The van der Waals surface area contributed by atoms with Crippen molar-refractivity contribution >= 4 is 0 Å². The third kappa shape index (κ3) is 2.48. The summed E-state index contributed by atoms with van der Waals surface area (Å²) in [4.78, 5) is 0. The van der Waals surface area contributed by atoms with Crippen LogP contribution in [0.15, 0.2) is 34.7 Å². The van der Waals surface area contributed by atoms with Crippen LogP contribution in [0.3, 0.4) is 0 Å². The fourth-order valence-electron chi connectivity index (χ4n) is 2.59. The number of benzene rings is 1. The van der Waals surface area contributed by atoms with Crippen molar-refractivity contribution in [2.75, 3.05) is 6.54 Å². The van der Waals surface area contributed by atoms with E-state index in [0.29, 0.717) is 17.2 Å². The van der Waals surface area contributed by atoms with Crippen molar-refractivity contribution in [2.24, 2.45) is 5.41 Å². The average molecular weight is 271 g/mol. The van der Waals surface area contributed by atoms with E-state index < -0.39 is 0 Å². The lowest BCUT2D eigenvalue weighted by molar-refractivity contribution is 0.398. The van der Waals surface area contributed by atoms with Gasteiger partial charge in [0.25, 0.3) is 0 Å². The molecule has 1 N–H and O–H groups in total. The molecule has 2 aromatic rings. The molecule has 1 aliphatic carbocycles. The molecule has 1 heterocycles. The molecule has 0 aliphatic heterocycles. The molecule has 2 unspecified atom stereocenters. The second-order valence-corrected chi connectivity index (χ2v) is 6.13. The highest BCUT2D eigenvalue weighted by Crippen LogP contribution is 2.58. The van der Waals surface area contributed by atoms with Gasteiger partial charge >= 0.3 is 0 Å². The zero-order valence-corrected chi connectivity index (χ0v) is 12.3. The summed E-state index contributed by atoms with van der Waals surface area (Å²) in [6.45, 7) is 7.41. The quantitative estimate of drug-likeness (QED) is 0.906. The van der Waals surface area contributed by atoms with Gasteiger partial charge in [-0.05, 0) is 23.9 Å². The molecule has 1 fully saturated rings. The van der Waals surface area contributed by atoms with Gasteiger partial charge in [0, 0.05) is 5.92 Å². The van der Waals surface area contributed by atoms with Crippen LogP contribution in [0.25, 0.3) is 0 Å². The van der Waals surface area contributed by atoms with Crippen molar-refractivity contribution in [1.82, 2.24) is 15.5 Å². The van der Waals surface area contributed by atoms with Gasteiger partial charge in [-0.15, -0.1) is 10.2 Å². The summed E-state index contributed by atoms with van der Waals surface area (Å²) in [7, 11) is 0. The molecular weight excluding hydrogens is 250 g/mol. The minimum Gasteiger partial charge on any atom is -0.423 e. The van der Waals surface area contributed by atoms with Gasteiger partial charge in [0.2, 0.25) is 11.8 Å². The molecule has 1 aliphatic rings. The maximum absolute atomic E-state index is 5.93. The van der Waals surface area contributed by atoms with Crippen LogP contribution in [0.5, 0.6) is 0 Å². The molecule has 2 atom stereocenters. The monoisotopic (exact) mass is 271 g/mol. The Bertz CT molecular complexity index is 576. The molecule has 1 aromatic carbocycles. The highest BCUT2D eigenvalue weighted by atomic mass is 16.4. The van der Waals surface area contributed by atoms with Gasteiger partial charge in [-0.2, -0.15) is 0 Å². The number of rotatable bonds is 5. The van der Waals surface area contributed by atoms with E-state index >= 15 is 0 Å². The molecule has 4 heteroatoms. The molecule has 3 rings (SSSR count). The van der Waals surface area contributed by atoms with E-state index in [1.165, 1.54) is 0 Å². The maximum atomic E-state index is 5.93.